The van der Waals surface area contributed by atoms with E-state index in [2.05, 4.69) is 15.3 Å². The van der Waals surface area contributed by atoms with E-state index in [-0.39, 0.29) is 6.61 Å². The second-order valence-electron chi connectivity index (χ2n) is 3.91. The summed E-state index contributed by atoms with van der Waals surface area (Å²) in [5, 5.41) is 17.3. The Morgan fingerprint density at radius 3 is 2.83 bits per heavy atom. The highest BCUT2D eigenvalue weighted by molar-refractivity contribution is 6.30. The van der Waals surface area contributed by atoms with E-state index in [4.69, 9.17) is 16.7 Å². The van der Waals surface area contributed by atoms with Crippen molar-refractivity contribution < 1.29 is 5.11 Å². The third kappa shape index (κ3) is 2.07. The van der Waals surface area contributed by atoms with Gasteiger partial charge in [-0.3, -0.25) is 0 Å². The molecular formula is C11H10ClN5O. The Labute approximate surface area is 107 Å². The number of imidazole rings is 1. The Morgan fingerprint density at radius 1 is 1.17 bits per heavy atom. The second-order valence-corrected chi connectivity index (χ2v) is 4.35. The van der Waals surface area contributed by atoms with E-state index in [0.717, 1.165) is 11.3 Å². The molecule has 0 spiro atoms. The van der Waals surface area contributed by atoms with E-state index < -0.39 is 0 Å². The molecule has 0 atom stereocenters. The zero-order valence-electron chi connectivity index (χ0n) is 9.36. The number of halogens is 1. The molecule has 0 fully saturated rings. The SMILES string of the molecule is OCc1cn(Cc2cn3cc(Cl)ccc3n2)nn1. The van der Waals surface area contributed by atoms with Crippen LogP contribution in [0.25, 0.3) is 5.65 Å². The number of aliphatic hydroxyl groups excluding tert-OH is 1. The molecule has 0 saturated carbocycles. The van der Waals surface area contributed by atoms with E-state index >= 15 is 0 Å². The number of aliphatic hydroxyl groups is 1. The number of aromatic nitrogens is 5. The molecule has 0 saturated heterocycles. The molecule has 0 radical (unpaired) electrons. The maximum atomic E-state index is 8.91. The standard InChI is InChI=1S/C11H10ClN5O/c12-8-1-2-11-13-9(4-16(11)3-8)5-17-6-10(7-18)14-15-17/h1-4,6,18H,5,7H2. The van der Waals surface area contributed by atoms with Gasteiger partial charge in [0.2, 0.25) is 0 Å². The molecule has 0 aliphatic heterocycles. The van der Waals surface area contributed by atoms with Crippen LogP contribution in [-0.4, -0.2) is 29.5 Å². The molecule has 6 nitrogen and oxygen atoms in total. The number of nitrogens with zero attached hydrogens (tertiary/aromatic N) is 5. The highest BCUT2D eigenvalue weighted by atomic mass is 35.5. The molecule has 92 valence electrons. The quantitative estimate of drug-likeness (QED) is 0.769. The van der Waals surface area contributed by atoms with Crippen molar-refractivity contribution >= 4 is 17.2 Å². The minimum absolute atomic E-state index is 0.110. The van der Waals surface area contributed by atoms with Crippen molar-refractivity contribution in [1.29, 1.82) is 0 Å². The molecule has 0 amide bonds. The van der Waals surface area contributed by atoms with Crippen molar-refractivity contribution in [2.45, 2.75) is 13.2 Å². The predicted octanol–water partition coefficient (Wildman–Crippen LogP) is 1.12. The summed E-state index contributed by atoms with van der Waals surface area (Å²) >= 11 is 5.91. The van der Waals surface area contributed by atoms with Crippen LogP contribution in [0.1, 0.15) is 11.4 Å². The van der Waals surface area contributed by atoms with Gasteiger partial charge < -0.3 is 9.51 Å². The van der Waals surface area contributed by atoms with Gasteiger partial charge in [-0.1, -0.05) is 16.8 Å². The smallest absolute Gasteiger partial charge is 0.137 e. The van der Waals surface area contributed by atoms with Crippen LogP contribution in [0.3, 0.4) is 0 Å². The lowest BCUT2D eigenvalue weighted by Gasteiger charge is -1.93. The zero-order chi connectivity index (χ0) is 12.5. The van der Waals surface area contributed by atoms with Gasteiger partial charge in [0.25, 0.3) is 0 Å². The van der Waals surface area contributed by atoms with E-state index in [0.29, 0.717) is 17.3 Å². The Hall–Kier alpha value is -1.92. The fraction of sp³-hybridized carbons (Fsp3) is 0.182. The van der Waals surface area contributed by atoms with Crippen LogP contribution in [0.4, 0.5) is 0 Å². The summed E-state index contributed by atoms with van der Waals surface area (Å²) in [5.74, 6) is 0. The molecule has 0 bridgehead atoms. The van der Waals surface area contributed by atoms with Crippen LogP contribution in [0.15, 0.2) is 30.7 Å². The molecule has 3 heterocycles. The third-order valence-electron chi connectivity index (χ3n) is 2.54. The predicted molar refractivity (Wildman–Crippen MR) is 65.2 cm³/mol. The maximum Gasteiger partial charge on any atom is 0.137 e. The van der Waals surface area contributed by atoms with Crippen molar-refractivity contribution in [2.75, 3.05) is 0 Å². The largest absolute Gasteiger partial charge is 0.390 e. The molecule has 0 aliphatic carbocycles. The summed E-state index contributed by atoms with van der Waals surface area (Å²) < 4.78 is 3.50. The first kappa shape index (κ1) is 11.2. The molecule has 0 unspecified atom stereocenters. The van der Waals surface area contributed by atoms with Gasteiger partial charge in [-0.05, 0) is 12.1 Å². The van der Waals surface area contributed by atoms with E-state index in [1.54, 1.807) is 23.1 Å². The molecule has 18 heavy (non-hydrogen) atoms. The molecule has 7 heteroatoms. The van der Waals surface area contributed by atoms with Crippen molar-refractivity contribution in [3.63, 3.8) is 0 Å². The molecule has 1 N–H and O–H groups in total. The van der Waals surface area contributed by atoms with Crippen LogP contribution in [-0.2, 0) is 13.2 Å². The van der Waals surface area contributed by atoms with Gasteiger partial charge in [-0.15, -0.1) is 5.10 Å². The number of pyridine rings is 1. The van der Waals surface area contributed by atoms with E-state index in [9.17, 15) is 0 Å². The van der Waals surface area contributed by atoms with Crippen LogP contribution in [0.5, 0.6) is 0 Å². The minimum Gasteiger partial charge on any atom is -0.390 e. The average Bonchev–Trinajstić information content (AvgIpc) is 2.95. The fourth-order valence-corrected chi connectivity index (χ4v) is 1.92. The first-order chi connectivity index (χ1) is 8.74. The number of fused-ring (bicyclic) bond motifs is 1. The minimum atomic E-state index is -0.110. The highest BCUT2D eigenvalue weighted by Crippen LogP contribution is 2.12. The monoisotopic (exact) mass is 263 g/mol. The molecule has 3 aromatic rings. The summed E-state index contributed by atoms with van der Waals surface area (Å²) in [6, 6.07) is 3.65. The van der Waals surface area contributed by atoms with E-state index in [1.165, 1.54) is 0 Å². The van der Waals surface area contributed by atoms with Crippen LogP contribution in [0, 0.1) is 0 Å². The fourth-order valence-electron chi connectivity index (χ4n) is 1.75. The van der Waals surface area contributed by atoms with Crippen molar-refractivity contribution in [3.8, 4) is 0 Å². The molecule has 0 aliphatic rings. The van der Waals surface area contributed by atoms with Crippen LogP contribution >= 0.6 is 11.6 Å². The van der Waals surface area contributed by atoms with Gasteiger partial charge >= 0.3 is 0 Å². The highest BCUT2D eigenvalue weighted by Gasteiger charge is 2.05. The second kappa shape index (κ2) is 4.40. The van der Waals surface area contributed by atoms with E-state index in [1.807, 2.05) is 16.7 Å². The third-order valence-corrected chi connectivity index (χ3v) is 2.76. The normalized spacial score (nSPS) is 11.2. The molecular weight excluding hydrogens is 254 g/mol. The summed E-state index contributed by atoms with van der Waals surface area (Å²) in [7, 11) is 0. The van der Waals surface area contributed by atoms with Gasteiger partial charge in [0.05, 0.1) is 30.1 Å². The Morgan fingerprint density at radius 2 is 2.06 bits per heavy atom. The molecule has 3 aromatic heterocycles. The van der Waals surface area contributed by atoms with Crippen molar-refractivity contribution in [3.05, 3.63) is 47.1 Å². The first-order valence-corrected chi connectivity index (χ1v) is 5.75. The number of rotatable bonds is 3. The summed E-state index contributed by atoms with van der Waals surface area (Å²) in [6.45, 7) is 0.396. The van der Waals surface area contributed by atoms with Gasteiger partial charge in [0.15, 0.2) is 0 Å². The summed E-state index contributed by atoms with van der Waals surface area (Å²) in [4.78, 5) is 4.44. The van der Waals surface area contributed by atoms with Crippen LogP contribution in [0.2, 0.25) is 5.02 Å². The van der Waals surface area contributed by atoms with Crippen LogP contribution < -0.4 is 0 Å². The number of hydrogen-bond acceptors (Lipinski definition) is 4. The first-order valence-electron chi connectivity index (χ1n) is 5.37. The Bertz CT molecular complexity index is 690. The topological polar surface area (TPSA) is 68.2 Å². The maximum absolute atomic E-state index is 8.91. The van der Waals surface area contributed by atoms with Crippen molar-refractivity contribution in [1.82, 2.24) is 24.4 Å². The lowest BCUT2D eigenvalue weighted by molar-refractivity contribution is 0.276. The van der Waals surface area contributed by atoms with Gasteiger partial charge in [0, 0.05) is 12.4 Å². The van der Waals surface area contributed by atoms with Crippen molar-refractivity contribution in [2.24, 2.45) is 0 Å². The van der Waals surface area contributed by atoms with Gasteiger partial charge in [-0.25, -0.2) is 9.67 Å². The Balaban J connectivity index is 1.90. The van der Waals surface area contributed by atoms with Gasteiger partial charge in [-0.2, -0.15) is 0 Å². The van der Waals surface area contributed by atoms with Gasteiger partial charge in [0.1, 0.15) is 11.3 Å². The summed E-state index contributed by atoms with van der Waals surface area (Å²) in [5.41, 5.74) is 2.23. The lowest BCUT2D eigenvalue weighted by Crippen LogP contribution is -2.00. The molecule has 3 rings (SSSR count). The summed E-state index contributed by atoms with van der Waals surface area (Å²) in [6.07, 6.45) is 5.38. The Kier molecular flexibility index (Phi) is 2.73. The average molecular weight is 264 g/mol. The lowest BCUT2D eigenvalue weighted by atomic mass is 10.4. The number of hydrogen-bond donors (Lipinski definition) is 1. The zero-order valence-corrected chi connectivity index (χ0v) is 10.1. The molecule has 0 aromatic carbocycles.